The molecule has 19 heavy (non-hydrogen) atoms. The third kappa shape index (κ3) is 3.18. The molecule has 1 aromatic carbocycles. The summed E-state index contributed by atoms with van der Waals surface area (Å²) >= 11 is 1.49. The molecule has 2 radical (unpaired) electrons. The van der Waals surface area contributed by atoms with Gasteiger partial charge in [-0.1, -0.05) is 20.0 Å². The maximum atomic E-state index is 13.4. The van der Waals surface area contributed by atoms with Crippen molar-refractivity contribution in [2.24, 2.45) is 0 Å². The van der Waals surface area contributed by atoms with E-state index in [1.165, 1.54) is 25.3 Å². The smallest absolute Gasteiger partial charge is 0.156 e. The number of carbonyl (C=O) groups is 2. The Morgan fingerprint density at radius 1 is 1.63 bits per heavy atom. The Hall–Kier alpha value is -1.30. The van der Waals surface area contributed by atoms with Crippen molar-refractivity contribution in [3.63, 3.8) is 0 Å². The molecule has 0 aromatic heterocycles. The number of fused-ring (bicyclic) bond motifs is 1. The van der Waals surface area contributed by atoms with Crippen LogP contribution in [0.5, 0.6) is 5.75 Å². The molecular weight excluding hydrogens is 266 g/mol. The third-order valence-electron chi connectivity index (χ3n) is 3.00. The molecule has 0 saturated heterocycles. The van der Waals surface area contributed by atoms with Gasteiger partial charge < -0.3 is 4.65 Å². The normalized spacial score (nSPS) is 17.5. The predicted molar refractivity (Wildman–Crippen MR) is 73.6 cm³/mol. The average Bonchev–Trinajstić information content (AvgIpc) is 2.39. The molecule has 0 fully saturated rings. The van der Waals surface area contributed by atoms with E-state index in [-0.39, 0.29) is 22.9 Å². The van der Waals surface area contributed by atoms with Gasteiger partial charge in [-0.15, -0.1) is 0 Å². The minimum atomic E-state index is -0.584. The van der Waals surface area contributed by atoms with Gasteiger partial charge in [0.1, 0.15) is 11.6 Å². The van der Waals surface area contributed by atoms with Crippen LogP contribution < -0.4 is 4.65 Å². The summed E-state index contributed by atoms with van der Waals surface area (Å²) in [6.07, 6.45) is 3.35. The molecule has 0 spiro atoms. The molecule has 2 rings (SSSR count). The minimum Gasteiger partial charge on any atom is -0.776 e. The first-order valence-corrected chi connectivity index (χ1v) is 7.32. The molecule has 0 amide bonds. The fourth-order valence-corrected chi connectivity index (χ4v) is 2.60. The van der Waals surface area contributed by atoms with Crippen LogP contribution in [0.1, 0.15) is 22.3 Å². The molecular formula is C13H13BFO3S-. The Balaban J connectivity index is 2.12. The second-order valence-corrected chi connectivity index (χ2v) is 5.33. The summed E-state index contributed by atoms with van der Waals surface area (Å²) < 4.78 is 18.8. The monoisotopic (exact) mass is 279 g/mol. The van der Waals surface area contributed by atoms with Crippen molar-refractivity contribution < 1.29 is 18.6 Å². The summed E-state index contributed by atoms with van der Waals surface area (Å²) in [5, 5.41) is 0. The van der Waals surface area contributed by atoms with E-state index in [9.17, 15) is 14.0 Å². The largest absolute Gasteiger partial charge is 0.776 e. The SMILES string of the molecule is CSCC(=O)C[C@@H]1[B-]Oc2c(ccc(F)c2C=O)C1. The number of hydrogen-bond donors (Lipinski definition) is 0. The number of ketones is 1. The molecule has 0 unspecified atom stereocenters. The summed E-state index contributed by atoms with van der Waals surface area (Å²) in [4.78, 5) is 22.4. The molecule has 1 aliphatic heterocycles. The fraction of sp³-hybridized carbons (Fsp3) is 0.385. The van der Waals surface area contributed by atoms with Crippen LogP contribution in [-0.2, 0) is 11.2 Å². The zero-order chi connectivity index (χ0) is 13.8. The van der Waals surface area contributed by atoms with E-state index in [2.05, 4.69) is 0 Å². The van der Waals surface area contributed by atoms with Gasteiger partial charge in [-0.2, -0.15) is 17.6 Å². The molecule has 0 saturated carbocycles. The number of hydrogen-bond acceptors (Lipinski definition) is 4. The quantitative estimate of drug-likeness (QED) is 0.612. The van der Waals surface area contributed by atoms with Crippen LogP contribution in [0.25, 0.3) is 0 Å². The van der Waals surface area contributed by atoms with E-state index in [4.69, 9.17) is 4.65 Å². The van der Waals surface area contributed by atoms with Gasteiger partial charge in [0.2, 0.25) is 0 Å². The molecule has 0 aliphatic carbocycles. The van der Waals surface area contributed by atoms with Crippen molar-refractivity contribution in [3.05, 3.63) is 29.1 Å². The lowest BCUT2D eigenvalue weighted by Gasteiger charge is -2.38. The summed E-state index contributed by atoms with van der Waals surface area (Å²) in [6.45, 7) is 0. The Morgan fingerprint density at radius 2 is 2.42 bits per heavy atom. The van der Waals surface area contributed by atoms with Gasteiger partial charge in [0.05, 0.1) is 17.1 Å². The molecule has 1 heterocycles. The van der Waals surface area contributed by atoms with Crippen molar-refractivity contribution in [1.82, 2.24) is 0 Å². The lowest BCUT2D eigenvalue weighted by Crippen LogP contribution is -2.24. The summed E-state index contributed by atoms with van der Waals surface area (Å²) in [7, 11) is 1.53. The number of aldehydes is 1. The number of rotatable bonds is 5. The summed E-state index contributed by atoms with van der Waals surface area (Å²) in [5.74, 6) is 0.332. The van der Waals surface area contributed by atoms with Gasteiger partial charge in [0.15, 0.2) is 6.29 Å². The first kappa shape index (κ1) is 14.1. The van der Waals surface area contributed by atoms with Crippen LogP contribution in [0.3, 0.4) is 0 Å². The highest BCUT2D eigenvalue weighted by Crippen LogP contribution is 2.34. The summed E-state index contributed by atoms with van der Waals surface area (Å²) in [6, 6.07) is 2.87. The second kappa shape index (κ2) is 6.24. The standard InChI is InChI=1S/C13H13BFO3S/c1-19-7-10(17)5-9-4-8-2-3-12(15)11(6-16)13(8)18-14-9/h2-3,6,9H,4-5,7H2,1H3/q-1/t9-/m1/s1. The molecule has 100 valence electrons. The second-order valence-electron chi connectivity index (χ2n) is 4.46. The van der Waals surface area contributed by atoms with Gasteiger partial charge in [-0.25, -0.2) is 4.39 Å². The van der Waals surface area contributed by atoms with E-state index in [0.29, 0.717) is 24.9 Å². The lowest BCUT2D eigenvalue weighted by molar-refractivity contribution is -0.116. The molecule has 1 atom stereocenters. The van der Waals surface area contributed by atoms with E-state index in [0.717, 1.165) is 5.56 Å². The zero-order valence-corrected chi connectivity index (χ0v) is 11.3. The van der Waals surface area contributed by atoms with Crippen LogP contribution >= 0.6 is 11.8 Å². The highest BCUT2D eigenvalue weighted by atomic mass is 32.2. The molecule has 1 aliphatic rings. The Kier molecular flexibility index (Phi) is 4.63. The molecule has 3 nitrogen and oxygen atoms in total. The highest BCUT2D eigenvalue weighted by molar-refractivity contribution is 7.99. The summed E-state index contributed by atoms with van der Waals surface area (Å²) in [5.41, 5.74) is 0.718. The zero-order valence-electron chi connectivity index (χ0n) is 10.5. The van der Waals surface area contributed by atoms with Crippen molar-refractivity contribution in [1.29, 1.82) is 0 Å². The lowest BCUT2D eigenvalue weighted by atomic mass is 9.70. The third-order valence-corrected chi connectivity index (χ3v) is 3.61. The molecule has 1 aromatic rings. The maximum Gasteiger partial charge on any atom is 0.156 e. The number of halogens is 1. The topological polar surface area (TPSA) is 43.4 Å². The highest BCUT2D eigenvalue weighted by Gasteiger charge is 2.18. The Morgan fingerprint density at radius 3 is 3.11 bits per heavy atom. The van der Waals surface area contributed by atoms with Crippen molar-refractivity contribution in [2.75, 3.05) is 12.0 Å². The van der Waals surface area contributed by atoms with E-state index >= 15 is 0 Å². The van der Waals surface area contributed by atoms with Crippen molar-refractivity contribution in [3.8, 4) is 5.75 Å². The van der Waals surface area contributed by atoms with Crippen LogP contribution in [0.15, 0.2) is 12.1 Å². The van der Waals surface area contributed by atoms with Gasteiger partial charge in [0, 0.05) is 0 Å². The van der Waals surface area contributed by atoms with E-state index in [1.807, 2.05) is 6.26 Å². The first-order chi connectivity index (χ1) is 9.15. The van der Waals surface area contributed by atoms with Crippen LogP contribution in [0.4, 0.5) is 4.39 Å². The fourth-order valence-electron chi connectivity index (χ4n) is 2.16. The Bertz CT molecular complexity index is 507. The predicted octanol–water partition coefficient (Wildman–Crippen LogP) is 2.30. The average molecular weight is 279 g/mol. The molecule has 0 N–H and O–H groups in total. The maximum absolute atomic E-state index is 13.4. The van der Waals surface area contributed by atoms with Gasteiger partial charge in [-0.3, -0.25) is 9.59 Å². The first-order valence-electron chi connectivity index (χ1n) is 5.93. The number of Topliss-reactive ketones (excluding diaryl/α,β-unsaturated/α-hetero) is 1. The van der Waals surface area contributed by atoms with Crippen LogP contribution in [-0.4, -0.2) is 31.6 Å². The number of thioether (sulfide) groups is 1. The van der Waals surface area contributed by atoms with Gasteiger partial charge in [0.25, 0.3) is 0 Å². The van der Waals surface area contributed by atoms with Crippen molar-refractivity contribution >= 4 is 31.3 Å². The molecule has 6 heteroatoms. The van der Waals surface area contributed by atoms with E-state index < -0.39 is 5.82 Å². The van der Waals surface area contributed by atoms with Crippen LogP contribution in [0, 0.1) is 5.82 Å². The minimum absolute atomic E-state index is 0.0166. The van der Waals surface area contributed by atoms with Crippen LogP contribution in [0.2, 0.25) is 5.82 Å². The van der Waals surface area contributed by atoms with Gasteiger partial charge in [-0.05, 0) is 24.3 Å². The Labute approximate surface area is 116 Å². The molecule has 0 bridgehead atoms. The van der Waals surface area contributed by atoms with E-state index in [1.54, 1.807) is 6.07 Å². The van der Waals surface area contributed by atoms with Gasteiger partial charge >= 0.3 is 0 Å². The number of benzene rings is 1. The number of carbonyl (C=O) groups excluding carboxylic acids is 2. The van der Waals surface area contributed by atoms with Crippen molar-refractivity contribution in [2.45, 2.75) is 18.7 Å².